The van der Waals surface area contributed by atoms with Crippen molar-refractivity contribution >= 4 is 35.9 Å². The second-order valence-corrected chi connectivity index (χ2v) is 21.5. The van der Waals surface area contributed by atoms with Gasteiger partial charge in [0.15, 0.2) is 25.2 Å². The Bertz CT molecular complexity index is 2300. The molecule has 508 valence electrons. The molecule has 88 heavy (non-hydrogen) atoms. The first-order valence-corrected chi connectivity index (χ1v) is 27.1. The summed E-state index contributed by atoms with van der Waals surface area (Å²) in [5.74, 6) is -13.8. The maximum absolute atomic E-state index is 13.2. The van der Waals surface area contributed by atoms with Crippen molar-refractivity contribution in [3.63, 3.8) is 0 Å². The summed E-state index contributed by atoms with van der Waals surface area (Å²) in [6.45, 7) is -4.82. The summed E-state index contributed by atoms with van der Waals surface area (Å²) in [7, 11) is 0. The van der Waals surface area contributed by atoms with E-state index in [9.17, 15) is 136 Å². The molecule has 0 aromatic carbocycles. The molecule has 0 bridgehead atoms. The van der Waals surface area contributed by atoms with Gasteiger partial charge in [0, 0.05) is 33.6 Å². The number of amides is 3. The van der Waals surface area contributed by atoms with Crippen LogP contribution in [0.25, 0.3) is 0 Å². The molecule has 0 spiro atoms. The van der Waals surface area contributed by atoms with Gasteiger partial charge in [0.2, 0.25) is 17.7 Å². The monoisotopic (exact) mass is 1290 g/mol. The van der Waals surface area contributed by atoms with Crippen LogP contribution >= 0.6 is 0 Å². The van der Waals surface area contributed by atoms with E-state index in [4.69, 9.17) is 47.4 Å². The molecule has 5 aliphatic rings. The Kier molecular flexibility index (Phi) is 27.1. The van der Waals surface area contributed by atoms with E-state index < -0.39 is 271 Å². The summed E-state index contributed by atoms with van der Waals surface area (Å²) < 4.78 is 57.5. The molecule has 0 aromatic heterocycles. The molecule has 31 atom stereocenters. The van der Waals surface area contributed by atoms with Crippen LogP contribution in [0.2, 0.25) is 0 Å². The lowest BCUT2D eigenvalue weighted by molar-refractivity contribution is -0.389. The molecule has 31 unspecified atom stereocenters. The molecule has 5 saturated heterocycles. The lowest BCUT2D eigenvalue weighted by Gasteiger charge is -2.52. The van der Waals surface area contributed by atoms with Crippen molar-refractivity contribution in [2.75, 3.05) is 39.6 Å². The fourth-order valence-corrected chi connectivity index (χ4v) is 10.6. The molecule has 0 aromatic rings. The second-order valence-electron chi connectivity index (χ2n) is 21.5. The number of carbonyl (C=O) groups is 6. The number of aliphatic hydroxyl groups excluding tert-OH is 19. The lowest BCUT2D eigenvalue weighted by Crippen LogP contribution is -2.72. The number of hydrogen-bond donors (Lipinski definition) is 24. The minimum atomic E-state index is -3.35. The Balaban J connectivity index is 1.63. The molecular formula is C48H79N3O37. The van der Waals surface area contributed by atoms with Crippen LogP contribution in [-0.2, 0) is 76.1 Å². The van der Waals surface area contributed by atoms with Gasteiger partial charge in [-0.15, -0.1) is 0 Å². The topological polar surface area (TPSA) is 656 Å². The predicted molar refractivity (Wildman–Crippen MR) is 270 cm³/mol. The fraction of sp³-hybridized carbons (Fsp3) is 0.875. The summed E-state index contributed by atoms with van der Waals surface area (Å²) in [5, 5.41) is 234. The number of aliphatic carboxylic acids is 2. The third-order valence-electron chi connectivity index (χ3n) is 15.1. The molecule has 5 aliphatic heterocycles. The highest BCUT2D eigenvalue weighted by Gasteiger charge is 2.62. The van der Waals surface area contributed by atoms with E-state index in [1.54, 1.807) is 0 Å². The zero-order valence-corrected chi connectivity index (χ0v) is 46.9. The summed E-state index contributed by atoms with van der Waals surface area (Å²) >= 11 is 0. The third-order valence-corrected chi connectivity index (χ3v) is 15.1. The van der Waals surface area contributed by atoms with Gasteiger partial charge >= 0.3 is 11.9 Å². The predicted octanol–water partition coefficient (Wildman–Crippen LogP) is -15.4. The van der Waals surface area contributed by atoms with Crippen LogP contribution in [0.3, 0.4) is 0 Å². The summed E-state index contributed by atoms with van der Waals surface area (Å²) in [6, 6.07) is -5.69. The molecule has 0 radical (unpaired) electrons. The molecule has 24 N–H and O–H groups in total. The van der Waals surface area contributed by atoms with Crippen LogP contribution in [-0.4, -0.2) is 372 Å². The van der Waals surface area contributed by atoms with E-state index >= 15 is 0 Å². The van der Waals surface area contributed by atoms with Crippen molar-refractivity contribution in [2.45, 2.75) is 223 Å². The second kappa shape index (κ2) is 31.9. The smallest absolute Gasteiger partial charge is 0.364 e. The molecular weight excluding hydrogens is 1210 g/mol. The van der Waals surface area contributed by atoms with Gasteiger partial charge < -0.3 is 175 Å². The van der Waals surface area contributed by atoms with Crippen LogP contribution in [0, 0.1) is 0 Å². The van der Waals surface area contributed by atoms with Crippen LogP contribution in [0.1, 0.15) is 33.6 Å². The third kappa shape index (κ3) is 16.7. The molecule has 40 nitrogen and oxygen atoms in total. The number of aliphatic hydroxyl groups is 19. The zero-order valence-electron chi connectivity index (χ0n) is 46.9. The van der Waals surface area contributed by atoms with Crippen molar-refractivity contribution in [1.29, 1.82) is 0 Å². The molecule has 0 aliphatic carbocycles. The number of aldehydes is 1. The Morgan fingerprint density at radius 3 is 1.40 bits per heavy atom. The van der Waals surface area contributed by atoms with Gasteiger partial charge in [0.05, 0.1) is 63.9 Å². The molecule has 5 heterocycles. The van der Waals surface area contributed by atoms with Crippen LogP contribution < -0.4 is 16.0 Å². The average molecular weight is 1290 g/mol. The molecule has 5 fully saturated rings. The minimum Gasteiger partial charge on any atom is -0.477 e. The normalized spacial score (nSPS) is 40.8. The van der Waals surface area contributed by atoms with Crippen LogP contribution in [0.5, 0.6) is 0 Å². The van der Waals surface area contributed by atoms with E-state index in [0.29, 0.717) is 0 Å². The van der Waals surface area contributed by atoms with Crippen LogP contribution in [0.15, 0.2) is 0 Å². The van der Waals surface area contributed by atoms with Crippen molar-refractivity contribution in [3.05, 3.63) is 0 Å². The van der Waals surface area contributed by atoms with E-state index in [0.717, 1.165) is 20.8 Å². The van der Waals surface area contributed by atoms with Gasteiger partial charge in [-0.25, -0.2) is 9.59 Å². The molecule has 3 amide bonds. The van der Waals surface area contributed by atoms with E-state index in [-0.39, 0.29) is 6.29 Å². The highest BCUT2D eigenvalue weighted by Crippen LogP contribution is 2.41. The largest absolute Gasteiger partial charge is 0.477 e. The van der Waals surface area contributed by atoms with Crippen molar-refractivity contribution in [3.8, 4) is 0 Å². The average Bonchev–Trinajstić information content (AvgIpc) is 1.38. The Hall–Kier alpha value is -4.14. The fourth-order valence-electron chi connectivity index (χ4n) is 10.6. The van der Waals surface area contributed by atoms with Gasteiger partial charge in [-0.2, -0.15) is 0 Å². The highest BCUT2D eigenvalue weighted by molar-refractivity contribution is 5.77. The van der Waals surface area contributed by atoms with E-state index in [2.05, 4.69) is 16.0 Å². The van der Waals surface area contributed by atoms with Gasteiger partial charge in [-0.05, 0) is 0 Å². The van der Waals surface area contributed by atoms with Crippen molar-refractivity contribution < 1.29 is 183 Å². The zero-order chi connectivity index (χ0) is 66.2. The Morgan fingerprint density at radius 1 is 0.534 bits per heavy atom. The first-order valence-electron chi connectivity index (χ1n) is 27.1. The number of rotatable bonds is 29. The first-order chi connectivity index (χ1) is 41.2. The first kappa shape index (κ1) is 74.6. The number of carbonyl (C=O) groups excluding carboxylic acids is 4. The lowest BCUT2D eigenvalue weighted by atomic mass is 9.88. The van der Waals surface area contributed by atoms with Crippen molar-refractivity contribution in [2.24, 2.45) is 0 Å². The van der Waals surface area contributed by atoms with Gasteiger partial charge in [-0.3, -0.25) is 14.4 Å². The summed E-state index contributed by atoms with van der Waals surface area (Å²) in [4.78, 5) is 75.4. The highest BCUT2D eigenvalue weighted by atomic mass is 16.8. The summed E-state index contributed by atoms with van der Waals surface area (Å²) in [6.07, 6.45) is -62.4. The molecule has 5 rings (SSSR count). The number of carboxylic acid groups (broad SMARTS) is 2. The maximum atomic E-state index is 13.2. The SMILES string of the molecule is CC(=O)NC1C(O)CC(OCC2OC(OC3C(O)C(CO)OC(OC(C(O)CO)C(O)C(O)C=O)C3O)C(NC(C)=O)C(OC3OC(CO)C(O)C(OC4(C(=O)O)CC(O)C(NC(C)=O)C(C(O)C(O)CO)O4)C3O)C2O)(C(=O)O)OC1C(O)C(O)CO. The standard InChI is InChI=1S/C48H79N3O37/c1-13(58)49-25-16(61)4-47(45(75)76,86-38(25)29(68)19(64)7-53)79-12-24-33(72)37(27(51-15(3)60)42(82-24)85-40-31(70)22(10-56)80-43(34(40)73)83-36(21(66)9-55)28(67)18(63)6-52)84-44-35(74)41(32(71)23(11-57)81-44)88-48(46(77)78)5-17(62)26(50-14(2)59)39(87-48)30(69)20(65)8-54/h6,16-44,53-57,61-74H,4-5,7-12H2,1-3H3,(H,49,58)(H,50,59)(H,51,60)(H,75,76)(H,77,78). The van der Waals surface area contributed by atoms with E-state index in [1.807, 2.05) is 0 Å². The number of carboxylic acids is 2. The molecule has 40 heteroatoms. The Morgan fingerprint density at radius 2 is 0.943 bits per heavy atom. The number of nitrogens with one attached hydrogen (secondary N) is 3. The summed E-state index contributed by atoms with van der Waals surface area (Å²) in [5.41, 5.74) is 0. The molecule has 0 saturated carbocycles. The number of ether oxygens (including phenoxy) is 10. The van der Waals surface area contributed by atoms with Crippen LogP contribution in [0.4, 0.5) is 0 Å². The maximum Gasteiger partial charge on any atom is 0.364 e. The van der Waals surface area contributed by atoms with Gasteiger partial charge in [0.1, 0.15) is 134 Å². The minimum absolute atomic E-state index is 0.210. The Labute approximate surface area is 496 Å². The van der Waals surface area contributed by atoms with E-state index in [1.165, 1.54) is 0 Å². The van der Waals surface area contributed by atoms with Crippen molar-refractivity contribution in [1.82, 2.24) is 16.0 Å². The van der Waals surface area contributed by atoms with Gasteiger partial charge in [0.25, 0.3) is 11.6 Å². The number of hydrogen-bond acceptors (Lipinski definition) is 35. The quantitative estimate of drug-likeness (QED) is 0.0309. The van der Waals surface area contributed by atoms with Gasteiger partial charge in [-0.1, -0.05) is 0 Å².